The third-order valence-electron chi connectivity index (χ3n) is 3.16. The monoisotopic (exact) mass is 248 g/mol. The maximum Gasteiger partial charge on any atom is 0.0594 e. The Morgan fingerprint density at radius 1 is 1.22 bits per heavy atom. The molecule has 3 heteroatoms. The molecule has 0 spiro atoms. The van der Waals surface area contributed by atoms with E-state index in [2.05, 4.69) is 43.0 Å². The summed E-state index contributed by atoms with van der Waals surface area (Å²) in [6.07, 6.45) is 0.921. The molecule has 3 nitrogen and oxygen atoms in total. The quantitative estimate of drug-likeness (QED) is 0.883. The zero-order chi connectivity index (χ0) is 13.0. The lowest BCUT2D eigenvalue weighted by molar-refractivity contribution is 0.0342. The first kappa shape index (κ1) is 13.5. The summed E-state index contributed by atoms with van der Waals surface area (Å²) in [5.74, 6) is 0. The van der Waals surface area contributed by atoms with E-state index < -0.39 is 0 Å². The molecule has 1 aromatic rings. The highest BCUT2D eigenvalue weighted by molar-refractivity contribution is 5.25. The van der Waals surface area contributed by atoms with Gasteiger partial charge in [0.15, 0.2) is 0 Å². The molecule has 1 aliphatic heterocycles. The van der Waals surface area contributed by atoms with Crippen molar-refractivity contribution < 1.29 is 4.74 Å². The molecule has 100 valence electrons. The summed E-state index contributed by atoms with van der Waals surface area (Å²) in [7, 11) is 0. The van der Waals surface area contributed by atoms with Crippen molar-refractivity contribution in [3.8, 4) is 0 Å². The second kappa shape index (κ2) is 5.83. The molecule has 0 radical (unpaired) electrons. The van der Waals surface area contributed by atoms with Crippen molar-refractivity contribution >= 4 is 0 Å². The first-order valence-electron chi connectivity index (χ1n) is 6.70. The Morgan fingerprint density at radius 3 is 2.56 bits per heavy atom. The maximum absolute atomic E-state index is 6.07. The van der Waals surface area contributed by atoms with Crippen molar-refractivity contribution in [1.29, 1.82) is 0 Å². The predicted octanol–water partition coefficient (Wildman–Crippen LogP) is 1.80. The molecule has 1 aliphatic rings. The number of nitrogens with two attached hydrogens (primary N) is 1. The number of hydrogen-bond donors (Lipinski definition) is 1. The Bertz CT molecular complexity index is 378. The number of ether oxygens (including phenoxy) is 1. The highest BCUT2D eigenvalue weighted by Gasteiger charge is 2.13. The Labute approximate surface area is 110 Å². The molecular weight excluding hydrogens is 224 g/mol. The van der Waals surface area contributed by atoms with Gasteiger partial charge in [0.05, 0.1) is 13.2 Å². The third kappa shape index (κ3) is 4.41. The first-order valence-corrected chi connectivity index (χ1v) is 6.70. The highest BCUT2D eigenvalue weighted by Crippen LogP contribution is 2.14. The van der Waals surface area contributed by atoms with Gasteiger partial charge in [-0.1, -0.05) is 24.3 Å². The molecule has 1 fully saturated rings. The lowest BCUT2D eigenvalue weighted by Crippen LogP contribution is -2.36. The molecule has 2 rings (SSSR count). The standard InChI is InChI=1S/C15H24N2O/c1-15(2,16)11-13-4-3-5-14(10-13)12-17-6-8-18-9-7-17/h3-5,10H,6-9,11-12,16H2,1-2H3. The van der Waals surface area contributed by atoms with Crippen LogP contribution in [0.25, 0.3) is 0 Å². The van der Waals surface area contributed by atoms with Crippen molar-refractivity contribution in [2.24, 2.45) is 5.73 Å². The molecule has 1 saturated heterocycles. The highest BCUT2D eigenvalue weighted by atomic mass is 16.5. The molecule has 0 saturated carbocycles. The summed E-state index contributed by atoms with van der Waals surface area (Å²) in [5.41, 5.74) is 8.63. The van der Waals surface area contributed by atoms with Crippen LogP contribution in [0.1, 0.15) is 25.0 Å². The number of nitrogens with zero attached hydrogens (tertiary/aromatic N) is 1. The van der Waals surface area contributed by atoms with Crippen molar-refractivity contribution in [1.82, 2.24) is 4.90 Å². The minimum Gasteiger partial charge on any atom is -0.379 e. The van der Waals surface area contributed by atoms with Gasteiger partial charge in [0.2, 0.25) is 0 Å². The van der Waals surface area contributed by atoms with Gasteiger partial charge in [0.1, 0.15) is 0 Å². The zero-order valence-electron chi connectivity index (χ0n) is 11.5. The van der Waals surface area contributed by atoms with E-state index in [4.69, 9.17) is 10.5 Å². The molecular formula is C15H24N2O. The average molecular weight is 248 g/mol. The maximum atomic E-state index is 6.07. The number of hydrogen-bond acceptors (Lipinski definition) is 3. The number of rotatable bonds is 4. The van der Waals surface area contributed by atoms with Crippen LogP contribution in [0, 0.1) is 0 Å². The molecule has 1 aromatic carbocycles. The summed E-state index contributed by atoms with van der Waals surface area (Å²) in [4.78, 5) is 2.44. The van der Waals surface area contributed by atoms with E-state index in [9.17, 15) is 0 Å². The molecule has 0 aromatic heterocycles. The largest absolute Gasteiger partial charge is 0.379 e. The minimum atomic E-state index is -0.141. The second-order valence-electron chi connectivity index (χ2n) is 5.87. The summed E-state index contributed by atoms with van der Waals surface area (Å²) < 4.78 is 5.37. The van der Waals surface area contributed by atoms with Crippen molar-refractivity contribution in [3.05, 3.63) is 35.4 Å². The second-order valence-corrected chi connectivity index (χ2v) is 5.87. The van der Waals surface area contributed by atoms with Crippen LogP contribution >= 0.6 is 0 Å². The minimum absolute atomic E-state index is 0.141. The Kier molecular flexibility index (Phi) is 4.38. The van der Waals surface area contributed by atoms with Gasteiger partial charge in [-0.25, -0.2) is 0 Å². The van der Waals surface area contributed by atoms with Crippen molar-refractivity contribution in [2.45, 2.75) is 32.4 Å². The predicted molar refractivity (Wildman–Crippen MR) is 74.5 cm³/mol. The molecule has 18 heavy (non-hydrogen) atoms. The van der Waals surface area contributed by atoms with Crippen LogP contribution < -0.4 is 5.73 Å². The molecule has 0 amide bonds. The SMILES string of the molecule is CC(C)(N)Cc1cccc(CN2CCOCC2)c1. The van der Waals surface area contributed by atoms with E-state index >= 15 is 0 Å². The van der Waals surface area contributed by atoms with E-state index in [0.717, 1.165) is 39.3 Å². The van der Waals surface area contributed by atoms with Gasteiger partial charge in [0.25, 0.3) is 0 Å². The molecule has 0 bridgehead atoms. The van der Waals surface area contributed by atoms with Crippen molar-refractivity contribution in [2.75, 3.05) is 26.3 Å². The molecule has 2 N–H and O–H groups in total. The summed E-state index contributed by atoms with van der Waals surface area (Å²) in [6, 6.07) is 8.78. The molecule has 1 heterocycles. The molecule has 0 aliphatic carbocycles. The van der Waals surface area contributed by atoms with Gasteiger partial charge in [-0.15, -0.1) is 0 Å². The van der Waals surface area contributed by atoms with Gasteiger partial charge < -0.3 is 10.5 Å². The normalized spacial score (nSPS) is 17.9. The molecule has 0 unspecified atom stereocenters. The number of morpholine rings is 1. The lowest BCUT2D eigenvalue weighted by Gasteiger charge is -2.27. The van der Waals surface area contributed by atoms with Crippen LogP contribution in [0.5, 0.6) is 0 Å². The van der Waals surface area contributed by atoms with Crippen LogP contribution in [0.4, 0.5) is 0 Å². The Morgan fingerprint density at radius 2 is 1.89 bits per heavy atom. The lowest BCUT2D eigenvalue weighted by atomic mass is 9.95. The van der Waals surface area contributed by atoms with Gasteiger partial charge in [-0.05, 0) is 31.4 Å². The van der Waals surface area contributed by atoms with Crippen LogP contribution in [0.2, 0.25) is 0 Å². The van der Waals surface area contributed by atoms with E-state index in [0.29, 0.717) is 0 Å². The van der Waals surface area contributed by atoms with Crippen LogP contribution in [-0.4, -0.2) is 36.7 Å². The Balaban J connectivity index is 1.98. The Hall–Kier alpha value is -0.900. The van der Waals surface area contributed by atoms with Crippen molar-refractivity contribution in [3.63, 3.8) is 0 Å². The smallest absolute Gasteiger partial charge is 0.0594 e. The van der Waals surface area contributed by atoms with Crippen LogP contribution in [0.3, 0.4) is 0 Å². The number of benzene rings is 1. The van der Waals surface area contributed by atoms with Gasteiger partial charge in [-0.2, -0.15) is 0 Å². The van der Waals surface area contributed by atoms with E-state index in [1.807, 2.05) is 0 Å². The summed E-state index contributed by atoms with van der Waals surface area (Å²) >= 11 is 0. The van der Waals surface area contributed by atoms with Gasteiger partial charge in [0, 0.05) is 25.2 Å². The fraction of sp³-hybridized carbons (Fsp3) is 0.600. The third-order valence-corrected chi connectivity index (χ3v) is 3.16. The fourth-order valence-electron chi connectivity index (χ4n) is 2.38. The molecule has 0 atom stereocenters. The van der Waals surface area contributed by atoms with Gasteiger partial charge >= 0.3 is 0 Å². The summed E-state index contributed by atoms with van der Waals surface area (Å²) in [5, 5.41) is 0. The van der Waals surface area contributed by atoms with Gasteiger partial charge in [-0.3, -0.25) is 4.90 Å². The first-order chi connectivity index (χ1) is 8.53. The van der Waals surface area contributed by atoms with Crippen LogP contribution in [-0.2, 0) is 17.7 Å². The summed E-state index contributed by atoms with van der Waals surface area (Å²) in [6.45, 7) is 8.94. The van der Waals surface area contributed by atoms with Crippen LogP contribution in [0.15, 0.2) is 24.3 Å². The van der Waals surface area contributed by atoms with E-state index in [1.54, 1.807) is 0 Å². The zero-order valence-corrected chi connectivity index (χ0v) is 11.5. The van der Waals surface area contributed by atoms with E-state index in [-0.39, 0.29) is 5.54 Å². The topological polar surface area (TPSA) is 38.5 Å². The van der Waals surface area contributed by atoms with E-state index in [1.165, 1.54) is 11.1 Å². The average Bonchev–Trinajstić information content (AvgIpc) is 2.28. The fourth-order valence-corrected chi connectivity index (χ4v) is 2.38.